The molecular formula is C13H20ClN3O. The predicted octanol–water partition coefficient (Wildman–Crippen LogP) is 2.94. The Bertz CT molecular complexity index is 437. The Morgan fingerprint density at radius 1 is 1.33 bits per heavy atom. The molecule has 0 radical (unpaired) electrons. The van der Waals surface area contributed by atoms with Gasteiger partial charge in [-0.25, -0.2) is 9.97 Å². The van der Waals surface area contributed by atoms with Gasteiger partial charge in [-0.2, -0.15) is 0 Å². The molecule has 100 valence electrons. The number of nitrogens with zero attached hydrogens (tertiary/aromatic N) is 2. The third-order valence-corrected chi connectivity index (χ3v) is 3.40. The number of hydrogen-bond donors (Lipinski definition) is 1. The summed E-state index contributed by atoms with van der Waals surface area (Å²) in [5.41, 5.74) is 0.788. The van der Waals surface area contributed by atoms with Gasteiger partial charge in [0.15, 0.2) is 0 Å². The number of anilines is 1. The maximum Gasteiger partial charge on any atom is 0.137 e. The van der Waals surface area contributed by atoms with Crippen molar-refractivity contribution in [3.63, 3.8) is 0 Å². The second-order valence-electron chi connectivity index (χ2n) is 5.77. The van der Waals surface area contributed by atoms with Crippen LogP contribution >= 0.6 is 11.6 Å². The Hall–Kier alpha value is -0.870. The van der Waals surface area contributed by atoms with Crippen LogP contribution in [0.3, 0.4) is 0 Å². The molecule has 1 aromatic rings. The predicted molar refractivity (Wildman–Crippen MR) is 73.3 cm³/mol. The molecule has 0 bridgehead atoms. The Kier molecular flexibility index (Phi) is 3.78. The number of rotatable bonds is 2. The first kappa shape index (κ1) is 13.6. The van der Waals surface area contributed by atoms with Crippen molar-refractivity contribution in [2.45, 2.75) is 45.6 Å². The van der Waals surface area contributed by atoms with E-state index < -0.39 is 0 Å². The Morgan fingerprint density at radius 3 is 2.61 bits per heavy atom. The number of hydrogen-bond acceptors (Lipinski definition) is 4. The molecule has 1 unspecified atom stereocenters. The third-order valence-electron chi connectivity index (χ3n) is 3.03. The molecule has 2 heterocycles. The molecule has 1 aliphatic heterocycles. The zero-order valence-electron chi connectivity index (χ0n) is 11.4. The Morgan fingerprint density at radius 2 is 2.06 bits per heavy atom. The van der Waals surface area contributed by atoms with Crippen LogP contribution in [-0.2, 0) is 10.2 Å². The summed E-state index contributed by atoms with van der Waals surface area (Å²) in [7, 11) is 0. The van der Waals surface area contributed by atoms with E-state index in [-0.39, 0.29) is 5.41 Å². The minimum absolute atomic E-state index is 0.111. The fourth-order valence-electron chi connectivity index (χ4n) is 1.81. The normalized spacial score (nSPS) is 20.2. The van der Waals surface area contributed by atoms with E-state index in [4.69, 9.17) is 16.3 Å². The van der Waals surface area contributed by atoms with Crippen LogP contribution in [0.5, 0.6) is 0 Å². The first-order valence-corrected chi connectivity index (χ1v) is 6.64. The van der Waals surface area contributed by atoms with Crippen LogP contribution in [0.1, 0.15) is 38.6 Å². The second kappa shape index (κ2) is 5.02. The standard InChI is InChI=1S/C13H20ClN3O/c1-8-10(14)16-12(13(2,3)4)17-11(8)15-9-5-6-18-7-9/h9H,5-7H2,1-4H3,(H,15,16,17). The molecule has 0 aliphatic carbocycles. The SMILES string of the molecule is Cc1c(Cl)nc(C(C)(C)C)nc1NC1CCOC1. The van der Waals surface area contributed by atoms with Crippen LogP contribution in [0.25, 0.3) is 0 Å². The van der Waals surface area contributed by atoms with Gasteiger partial charge in [0.05, 0.1) is 12.6 Å². The van der Waals surface area contributed by atoms with Gasteiger partial charge >= 0.3 is 0 Å². The fraction of sp³-hybridized carbons (Fsp3) is 0.692. The van der Waals surface area contributed by atoms with Gasteiger partial charge in [-0.05, 0) is 13.3 Å². The van der Waals surface area contributed by atoms with Gasteiger partial charge in [-0.3, -0.25) is 0 Å². The van der Waals surface area contributed by atoms with Gasteiger partial charge in [0, 0.05) is 17.6 Å². The van der Waals surface area contributed by atoms with Crippen molar-refractivity contribution in [3.05, 3.63) is 16.5 Å². The van der Waals surface area contributed by atoms with Crippen molar-refractivity contribution in [3.8, 4) is 0 Å². The largest absolute Gasteiger partial charge is 0.379 e. The van der Waals surface area contributed by atoms with Gasteiger partial charge < -0.3 is 10.1 Å². The highest BCUT2D eigenvalue weighted by molar-refractivity contribution is 6.30. The van der Waals surface area contributed by atoms with Crippen molar-refractivity contribution in [1.82, 2.24) is 9.97 Å². The van der Waals surface area contributed by atoms with Gasteiger partial charge in [0.1, 0.15) is 16.8 Å². The lowest BCUT2D eigenvalue weighted by Gasteiger charge is -2.20. The number of halogens is 1. The molecule has 1 aliphatic rings. The second-order valence-corrected chi connectivity index (χ2v) is 6.12. The maximum atomic E-state index is 6.19. The molecule has 1 saturated heterocycles. The van der Waals surface area contributed by atoms with Crippen LogP contribution in [0.4, 0.5) is 5.82 Å². The quantitative estimate of drug-likeness (QED) is 0.839. The molecule has 0 saturated carbocycles. The van der Waals surface area contributed by atoms with Gasteiger partial charge in [-0.1, -0.05) is 32.4 Å². The van der Waals surface area contributed by atoms with Crippen molar-refractivity contribution < 1.29 is 4.74 Å². The molecular weight excluding hydrogens is 250 g/mol. The molecule has 1 fully saturated rings. The summed E-state index contributed by atoms with van der Waals surface area (Å²) in [6.07, 6.45) is 1.01. The molecule has 4 nitrogen and oxygen atoms in total. The average molecular weight is 270 g/mol. The molecule has 0 aromatic carbocycles. The molecule has 2 rings (SSSR count). The number of aromatic nitrogens is 2. The number of nitrogens with one attached hydrogen (secondary N) is 1. The average Bonchev–Trinajstić information content (AvgIpc) is 2.75. The highest BCUT2D eigenvalue weighted by Gasteiger charge is 2.22. The maximum absolute atomic E-state index is 6.19. The van der Waals surface area contributed by atoms with E-state index >= 15 is 0 Å². The van der Waals surface area contributed by atoms with E-state index in [1.54, 1.807) is 0 Å². The van der Waals surface area contributed by atoms with Crippen molar-refractivity contribution in [2.75, 3.05) is 18.5 Å². The number of ether oxygens (including phenoxy) is 1. The summed E-state index contributed by atoms with van der Waals surface area (Å²) in [6.45, 7) is 9.71. The van der Waals surface area contributed by atoms with Crippen molar-refractivity contribution in [2.24, 2.45) is 0 Å². The third kappa shape index (κ3) is 2.93. The molecule has 1 aromatic heterocycles. The zero-order chi connectivity index (χ0) is 13.3. The summed E-state index contributed by atoms with van der Waals surface area (Å²) >= 11 is 6.19. The monoisotopic (exact) mass is 269 g/mol. The highest BCUT2D eigenvalue weighted by Crippen LogP contribution is 2.27. The van der Waals surface area contributed by atoms with Crippen LogP contribution < -0.4 is 5.32 Å². The summed E-state index contributed by atoms with van der Waals surface area (Å²) < 4.78 is 5.36. The molecule has 0 spiro atoms. The van der Waals surface area contributed by atoms with E-state index in [1.807, 2.05) is 6.92 Å². The lowest BCUT2D eigenvalue weighted by molar-refractivity contribution is 0.195. The molecule has 18 heavy (non-hydrogen) atoms. The highest BCUT2D eigenvalue weighted by atomic mass is 35.5. The molecule has 1 N–H and O–H groups in total. The van der Waals surface area contributed by atoms with Gasteiger partial charge in [-0.15, -0.1) is 0 Å². The first-order valence-electron chi connectivity index (χ1n) is 6.27. The van der Waals surface area contributed by atoms with Crippen LogP contribution in [0.2, 0.25) is 5.15 Å². The van der Waals surface area contributed by atoms with Crippen LogP contribution in [-0.4, -0.2) is 29.2 Å². The van der Waals surface area contributed by atoms with Crippen molar-refractivity contribution >= 4 is 17.4 Å². The summed E-state index contributed by atoms with van der Waals surface area (Å²) in [5, 5.41) is 3.93. The minimum atomic E-state index is -0.111. The minimum Gasteiger partial charge on any atom is -0.379 e. The topological polar surface area (TPSA) is 47.0 Å². The molecule has 1 atom stereocenters. The first-order chi connectivity index (χ1) is 8.38. The van der Waals surface area contributed by atoms with E-state index in [1.165, 1.54) is 0 Å². The lowest BCUT2D eigenvalue weighted by Crippen LogP contribution is -2.23. The van der Waals surface area contributed by atoms with E-state index in [2.05, 4.69) is 36.1 Å². The summed E-state index contributed by atoms with van der Waals surface area (Å²) in [4.78, 5) is 8.97. The smallest absolute Gasteiger partial charge is 0.137 e. The summed E-state index contributed by atoms with van der Waals surface area (Å²) in [6, 6.07) is 0.322. The lowest BCUT2D eigenvalue weighted by atomic mass is 9.95. The van der Waals surface area contributed by atoms with E-state index in [0.717, 1.165) is 36.8 Å². The Labute approximate surface area is 113 Å². The summed E-state index contributed by atoms with van der Waals surface area (Å²) in [5.74, 6) is 1.59. The fourth-order valence-corrected chi connectivity index (χ4v) is 1.98. The van der Waals surface area contributed by atoms with Crippen molar-refractivity contribution in [1.29, 1.82) is 0 Å². The molecule has 5 heteroatoms. The van der Waals surface area contributed by atoms with Gasteiger partial charge in [0.25, 0.3) is 0 Å². The Balaban J connectivity index is 2.30. The zero-order valence-corrected chi connectivity index (χ0v) is 12.1. The van der Waals surface area contributed by atoms with E-state index in [0.29, 0.717) is 11.2 Å². The van der Waals surface area contributed by atoms with Crippen LogP contribution in [0, 0.1) is 6.92 Å². The van der Waals surface area contributed by atoms with E-state index in [9.17, 15) is 0 Å². The van der Waals surface area contributed by atoms with Gasteiger partial charge in [0.2, 0.25) is 0 Å². The van der Waals surface area contributed by atoms with Crippen LogP contribution in [0.15, 0.2) is 0 Å². The molecule has 0 amide bonds.